The highest BCUT2D eigenvalue weighted by Crippen LogP contribution is 2.31. The molecule has 3 aromatic carbocycles. The summed E-state index contributed by atoms with van der Waals surface area (Å²) in [6.45, 7) is 5.63. The fourth-order valence-corrected chi connectivity index (χ4v) is 5.13. The second-order valence-electron chi connectivity index (χ2n) is 8.32. The number of hydrogen-bond donors (Lipinski definition) is 1. The van der Waals surface area contributed by atoms with Gasteiger partial charge in [-0.3, -0.25) is 9.10 Å². The van der Waals surface area contributed by atoms with Crippen LogP contribution in [-0.2, 0) is 16.6 Å². The monoisotopic (exact) mass is 490 g/mol. The van der Waals surface area contributed by atoms with E-state index in [0.29, 0.717) is 10.7 Å². The van der Waals surface area contributed by atoms with Crippen molar-refractivity contribution in [2.75, 3.05) is 4.31 Å². The lowest BCUT2D eigenvalue weighted by Gasteiger charge is -2.26. The molecule has 0 unspecified atom stereocenters. The van der Waals surface area contributed by atoms with Gasteiger partial charge in [0.05, 0.1) is 17.3 Å². The lowest BCUT2D eigenvalue weighted by Crippen LogP contribution is -2.40. The molecular formula is C24H24Cl2N2O3S. The first-order valence-electron chi connectivity index (χ1n) is 9.92. The molecule has 0 heterocycles. The fraction of sp³-hybridized carbons (Fsp3) is 0.208. The molecule has 5 nitrogen and oxygen atoms in total. The number of anilines is 1. The van der Waals surface area contributed by atoms with Gasteiger partial charge in [0.2, 0.25) is 0 Å². The second-order valence-corrected chi connectivity index (χ2v) is 11.0. The Bertz CT molecular complexity index is 1210. The lowest BCUT2D eigenvalue weighted by atomic mass is 10.1. The summed E-state index contributed by atoms with van der Waals surface area (Å²) in [6.07, 6.45) is 0. The molecular weight excluding hydrogens is 467 g/mol. The van der Waals surface area contributed by atoms with Gasteiger partial charge in [0.1, 0.15) is 4.90 Å². The molecule has 1 N–H and O–H groups in total. The maximum atomic E-state index is 13.8. The molecule has 3 aromatic rings. The summed E-state index contributed by atoms with van der Waals surface area (Å²) in [6, 6.07) is 20.0. The Morgan fingerprint density at radius 2 is 1.56 bits per heavy atom. The van der Waals surface area contributed by atoms with E-state index in [2.05, 4.69) is 5.32 Å². The van der Waals surface area contributed by atoms with E-state index in [1.54, 1.807) is 24.3 Å². The Hall–Kier alpha value is -2.54. The predicted octanol–water partition coefficient (Wildman–Crippen LogP) is 5.92. The van der Waals surface area contributed by atoms with Gasteiger partial charge in [-0.15, -0.1) is 0 Å². The molecule has 0 fully saturated rings. The average Bonchev–Trinajstić information content (AvgIpc) is 2.72. The van der Waals surface area contributed by atoms with Crippen molar-refractivity contribution in [3.8, 4) is 0 Å². The molecule has 0 saturated carbocycles. The van der Waals surface area contributed by atoms with Crippen LogP contribution in [0.15, 0.2) is 77.7 Å². The van der Waals surface area contributed by atoms with Crippen molar-refractivity contribution < 1.29 is 13.2 Å². The van der Waals surface area contributed by atoms with Gasteiger partial charge in [-0.05, 0) is 68.8 Å². The smallest absolute Gasteiger partial charge is 0.266 e. The number of sulfonamides is 1. The number of nitrogens with zero attached hydrogens (tertiary/aromatic N) is 1. The number of rotatable bonds is 6. The zero-order chi connectivity index (χ0) is 23.5. The van der Waals surface area contributed by atoms with E-state index >= 15 is 0 Å². The van der Waals surface area contributed by atoms with Crippen LogP contribution >= 0.6 is 23.2 Å². The summed E-state index contributed by atoms with van der Waals surface area (Å²) < 4.78 is 28.8. The lowest BCUT2D eigenvalue weighted by molar-refractivity contribution is 0.0919. The van der Waals surface area contributed by atoms with Crippen molar-refractivity contribution in [1.82, 2.24) is 5.32 Å². The number of carbonyl (C=O) groups is 1. The zero-order valence-electron chi connectivity index (χ0n) is 18.0. The van der Waals surface area contributed by atoms with E-state index in [0.717, 1.165) is 5.56 Å². The summed E-state index contributed by atoms with van der Waals surface area (Å²) in [5.41, 5.74) is 0.958. The van der Waals surface area contributed by atoms with Crippen LogP contribution in [0.2, 0.25) is 10.0 Å². The third-order valence-corrected chi connectivity index (χ3v) is 7.04. The molecule has 168 valence electrons. The van der Waals surface area contributed by atoms with E-state index in [-0.39, 0.29) is 27.9 Å². The van der Waals surface area contributed by atoms with Gasteiger partial charge in [-0.2, -0.15) is 0 Å². The highest BCUT2D eigenvalue weighted by Gasteiger charge is 2.29. The van der Waals surface area contributed by atoms with Crippen LogP contribution in [0.4, 0.5) is 5.69 Å². The minimum atomic E-state index is -4.12. The van der Waals surface area contributed by atoms with E-state index in [9.17, 15) is 13.2 Å². The third-order valence-electron chi connectivity index (χ3n) is 4.53. The number of amides is 1. The number of carbonyl (C=O) groups excluding carboxylic acids is 1. The zero-order valence-corrected chi connectivity index (χ0v) is 20.3. The van der Waals surface area contributed by atoms with Crippen LogP contribution in [0.1, 0.15) is 36.7 Å². The van der Waals surface area contributed by atoms with Gasteiger partial charge in [0.25, 0.3) is 15.9 Å². The summed E-state index contributed by atoms with van der Waals surface area (Å²) >= 11 is 12.3. The number of benzene rings is 3. The van der Waals surface area contributed by atoms with Crippen molar-refractivity contribution >= 4 is 44.8 Å². The molecule has 0 bridgehead atoms. The van der Waals surface area contributed by atoms with Crippen molar-refractivity contribution in [3.63, 3.8) is 0 Å². The van der Waals surface area contributed by atoms with Crippen LogP contribution in [-0.4, -0.2) is 19.9 Å². The molecule has 0 aliphatic heterocycles. The maximum Gasteiger partial charge on any atom is 0.266 e. The summed E-state index contributed by atoms with van der Waals surface area (Å²) in [7, 11) is -4.12. The van der Waals surface area contributed by atoms with Crippen molar-refractivity contribution in [2.45, 2.75) is 37.8 Å². The van der Waals surface area contributed by atoms with Crippen LogP contribution < -0.4 is 9.62 Å². The molecule has 0 atom stereocenters. The van der Waals surface area contributed by atoms with Crippen LogP contribution in [0.3, 0.4) is 0 Å². The first kappa shape index (κ1) is 24.1. The second kappa shape index (κ2) is 9.53. The molecule has 0 spiro atoms. The molecule has 0 saturated heterocycles. The highest BCUT2D eigenvalue weighted by molar-refractivity contribution is 7.93. The Balaban J connectivity index is 2.09. The van der Waals surface area contributed by atoms with E-state index in [4.69, 9.17) is 23.2 Å². The number of hydrogen-bond acceptors (Lipinski definition) is 3. The standard InChI is InChI=1S/C24H24Cl2N2O3S/c1-24(2,3)27-23(29)18-9-14-21(26)22(15-18)32(30,31)28(16-17-7-5-4-6-8-17)20-12-10-19(25)11-13-20/h4-15H,16H2,1-3H3,(H,27,29). The highest BCUT2D eigenvalue weighted by atomic mass is 35.5. The molecule has 1 amide bonds. The molecule has 0 aliphatic carbocycles. The molecule has 0 aromatic heterocycles. The van der Waals surface area contributed by atoms with Crippen LogP contribution in [0.25, 0.3) is 0 Å². The van der Waals surface area contributed by atoms with Crippen molar-refractivity contribution in [1.29, 1.82) is 0 Å². The summed E-state index contributed by atoms with van der Waals surface area (Å²) in [5, 5.41) is 3.36. The quantitative estimate of drug-likeness (QED) is 0.466. The van der Waals surface area contributed by atoms with Gasteiger partial charge >= 0.3 is 0 Å². The minimum absolute atomic E-state index is 0.0318. The third kappa shape index (κ3) is 5.82. The van der Waals surface area contributed by atoms with Gasteiger partial charge < -0.3 is 5.32 Å². The van der Waals surface area contributed by atoms with Crippen LogP contribution in [0, 0.1) is 0 Å². The Morgan fingerprint density at radius 3 is 2.16 bits per heavy atom. The van der Waals surface area contributed by atoms with Crippen LogP contribution in [0.5, 0.6) is 0 Å². The van der Waals surface area contributed by atoms with Gasteiger partial charge in [0, 0.05) is 16.1 Å². The first-order valence-corrected chi connectivity index (χ1v) is 12.1. The van der Waals surface area contributed by atoms with E-state index in [1.165, 1.54) is 22.5 Å². The van der Waals surface area contributed by atoms with Gasteiger partial charge in [-0.1, -0.05) is 53.5 Å². The Labute approximate surface area is 199 Å². The minimum Gasteiger partial charge on any atom is -0.347 e. The Morgan fingerprint density at radius 1 is 0.938 bits per heavy atom. The number of nitrogens with one attached hydrogen (secondary N) is 1. The summed E-state index contributed by atoms with van der Waals surface area (Å²) in [5.74, 6) is -0.383. The number of halogens is 2. The van der Waals surface area contributed by atoms with Gasteiger partial charge in [-0.25, -0.2) is 8.42 Å². The molecule has 8 heteroatoms. The normalized spacial score (nSPS) is 11.8. The Kier molecular flexibility index (Phi) is 7.18. The van der Waals surface area contributed by atoms with Crippen molar-refractivity contribution in [3.05, 3.63) is 94.0 Å². The molecule has 3 rings (SSSR count). The van der Waals surface area contributed by atoms with E-state index < -0.39 is 15.6 Å². The topological polar surface area (TPSA) is 66.5 Å². The predicted molar refractivity (Wildman–Crippen MR) is 130 cm³/mol. The largest absolute Gasteiger partial charge is 0.347 e. The van der Waals surface area contributed by atoms with E-state index in [1.807, 2.05) is 51.1 Å². The first-order chi connectivity index (χ1) is 15.0. The van der Waals surface area contributed by atoms with Gasteiger partial charge in [0.15, 0.2) is 0 Å². The maximum absolute atomic E-state index is 13.8. The molecule has 32 heavy (non-hydrogen) atoms. The molecule has 0 aliphatic rings. The SMILES string of the molecule is CC(C)(C)NC(=O)c1ccc(Cl)c(S(=O)(=O)N(Cc2ccccc2)c2ccc(Cl)cc2)c1. The molecule has 0 radical (unpaired) electrons. The van der Waals surface area contributed by atoms with Crippen molar-refractivity contribution in [2.24, 2.45) is 0 Å². The fourth-order valence-electron chi connectivity index (χ4n) is 3.05. The average molecular weight is 491 g/mol. The summed E-state index contributed by atoms with van der Waals surface area (Å²) in [4.78, 5) is 12.5.